The summed E-state index contributed by atoms with van der Waals surface area (Å²) >= 11 is 3.62. The number of fused-ring (bicyclic) bond motifs is 5. The van der Waals surface area contributed by atoms with E-state index in [9.17, 15) is 0 Å². The Morgan fingerprint density at radius 3 is 2.58 bits per heavy atom. The molecule has 1 N–H and O–H groups in total. The fourth-order valence-electron chi connectivity index (χ4n) is 3.62. The van der Waals surface area contributed by atoms with E-state index in [2.05, 4.69) is 15.9 Å². The minimum Gasteiger partial charge on any atom is -0.392 e. The monoisotopic (exact) mass is 228 g/mol. The molecule has 2 bridgehead atoms. The molecule has 0 aliphatic heterocycles. The van der Waals surface area contributed by atoms with E-state index >= 15 is 0 Å². The predicted molar refractivity (Wildman–Crippen MR) is 50.8 cm³/mol. The molecular formula is C10H13BrO. The summed E-state index contributed by atoms with van der Waals surface area (Å²) < 4.78 is 1.35. The van der Waals surface area contributed by atoms with Gasteiger partial charge >= 0.3 is 0 Å². The third-order valence-electron chi connectivity index (χ3n) is 4.09. The van der Waals surface area contributed by atoms with Crippen molar-refractivity contribution < 1.29 is 5.11 Å². The Balaban J connectivity index is 1.96. The molecule has 3 aliphatic carbocycles. The van der Waals surface area contributed by atoms with Crippen LogP contribution in [-0.4, -0.2) is 11.7 Å². The van der Waals surface area contributed by atoms with Crippen LogP contribution in [-0.2, 0) is 0 Å². The van der Waals surface area contributed by atoms with Crippen LogP contribution in [0.25, 0.3) is 0 Å². The third-order valence-corrected chi connectivity index (χ3v) is 5.13. The summed E-state index contributed by atoms with van der Waals surface area (Å²) in [5.74, 6) is 3.45. The lowest BCUT2D eigenvalue weighted by atomic mass is 9.67. The fraction of sp³-hybridized carbons (Fsp3) is 0.800. The fourth-order valence-corrected chi connectivity index (χ4v) is 4.66. The SMILES string of the molecule is OCC1=C(Br)C2C3CCC(C3)C12. The van der Waals surface area contributed by atoms with Crippen LogP contribution in [0.4, 0.5) is 0 Å². The molecule has 2 heteroatoms. The van der Waals surface area contributed by atoms with Crippen molar-refractivity contribution in [2.24, 2.45) is 23.7 Å². The van der Waals surface area contributed by atoms with Crippen molar-refractivity contribution in [3.63, 3.8) is 0 Å². The molecule has 0 saturated heterocycles. The molecule has 0 radical (unpaired) electrons. The van der Waals surface area contributed by atoms with Crippen LogP contribution in [0.5, 0.6) is 0 Å². The van der Waals surface area contributed by atoms with Crippen LogP contribution in [0.1, 0.15) is 19.3 Å². The second kappa shape index (κ2) is 2.36. The number of hydrogen-bond donors (Lipinski definition) is 1. The third kappa shape index (κ3) is 0.693. The van der Waals surface area contributed by atoms with Gasteiger partial charge in [0.15, 0.2) is 0 Å². The standard InChI is InChI=1S/C10H13BrO/c11-10-7(4-12)8-5-1-2-6(3-5)9(8)10/h5-6,8-9,12H,1-4H2. The van der Waals surface area contributed by atoms with Gasteiger partial charge in [0.05, 0.1) is 6.61 Å². The average molecular weight is 229 g/mol. The largest absolute Gasteiger partial charge is 0.392 e. The van der Waals surface area contributed by atoms with Gasteiger partial charge in [0.1, 0.15) is 0 Å². The van der Waals surface area contributed by atoms with Gasteiger partial charge in [-0.2, -0.15) is 0 Å². The molecule has 3 rings (SSSR count). The summed E-state index contributed by atoms with van der Waals surface area (Å²) in [5.41, 5.74) is 1.31. The molecule has 0 aromatic carbocycles. The van der Waals surface area contributed by atoms with Gasteiger partial charge in [0.25, 0.3) is 0 Å². The highest BCUT2D eigenvalue weighted by molar-refractivity contribution is 9.11. The number of aliphatic hydroxyl groups is 1. The van der Waals surface area contributed by atoms with Gasteiger partial charge in [0, 0.05) is 10.4 Å². The Hall–Kier alpha value is 0.180. The van der Waals surface area contributed by atoms with Crippen molar-refractivity contribution in [3.8, 4) is 0 Å². The van der Waals surface area contributed by atoms with Gasteiger partial charge < -0.3 is 5.11 Å². The van der Waals surface area contributed by atoms with Gasteiger partial charge in [0.2, 0.25) is 0 Å². The minimum absolute atomic E-state index is 0.283. The van der Waals surface area contributed by atoms with Crippen molar-refractivity contribution >= 4 is 15.9 Å². The quantitative estimate of drug-likeness (QED) is 0.731. The van der Waals surface area contributed by atoms with Crippen molar-refractivity contribution in [1.29, 1.82) is 0 Å². The first-order valence-corrected chi connectivity index (χ1v) is 5.61. The Kier molecular flexibility index (Phi) is 1.49. The van der Waals surface area contributed by atoms with Gasteiger partial charge in [-0.15, -0.1) is 0 Å². The average Bonchev–Trinajstić information content (AvgIpc) is 2.60. The van der Waals surface area contributed by atoms with Crippen LogP contribution in [0.15, 0.2) is 10.1 Å². The maximum Gasteiger partial charge on any atom is 0.0655 e. The van der Waals surface area contributed by atoms with Crippen molar-refractivity contribution in [1.82, 2.24) is 0 Å². The van der Waals surface area contributed by atoms with Crippen LogP contribution < -0.4 is 0 Å². The van der Waals surface area contributed by atoms with E-state index < -0.39 is 0 Å². The van der Waals surface area contributed by atoms with Crippen LogP contribution >= 0.6 is 15.9 Å². The van der Waals surface area contributed by atoms with Gasteiger partial charge in [-0.25, -0.2) is 0 Å². The van der Waals surface area contributed by atoms with Crippen LogP contribution in [0, 0.1) is 23.7 Å². The number of hydrogen-bond acceptors (Lipinski definition) is 1. The highest BCUT2D eigenvalue weighted by atomic mass is 79.9. The van der Waals surface area contributed by atoms with E-state index in [0.717, 1.165) is 23.7 Å². The topological polar surface area (TPSA) is 20.2 Å². The van der Waals surface area contributed by atoms with E-state index in [0.29, 0.717) is 0 Å². The van der Waals surface area contributed by atoms with Crippen molar-refractivity contribution in [2.45, 2.75) is 19.3 Å². The molecule has 3 aliphatic rings. The Labute approximate surface area is 81.0 Å². The van der Waals surface area contributed by atoms with E-state index in [-0.39, 0.29) is 6.61 Å². The molecule has 1 nitrogen and oxygen atoms in total. The zero-order chi connectivity index (χ0) is 8.29. The molecule has 0 aromatic heterocycles. The first-order valence-electron chi connectivity index (χ1n) is 4.82. The Morgan fingerprint density at radius 1 is 1.25 bits per heavy atom. The van der Waals surface area contributed by atoms with Gasteiger partial charge in [-0.3, -0.25) is 0 Å². The molecule has 0 aromatic rings. The smallest absolute Gasteiger partial charge is 0.0655 e. The van der Waals surface area contributed by atoms with Crippen LogP contribution in [0.2, 0.25) is 0 Å². The summed E-state index contributed by atoms with van der Waals surface area (Å²) in [5, 5.41) is 9.14. The normalized spacial score (nSPS) is 49.5. The number of allylic oxidation sites excluding steroid dienone is 1. The zero-order valence-electron chi connectivity index (χ0n) is 6.96. The van der Waals surface area contributed by atoms with Crippen LogP contribution in [0.3, 0.4) is 0 Å². The molecule has 0 spiro atoms. The molecular weight excluding hydrogens is 216 g/mol. The molecule has 0 heterocycles. The molecule has 2 fully saturated rings. The summed E-state index contributed by atoms with van der Waals surface area (Å²) in [7, 11) is 0. The predicted octanol–water partition coefficient (Wildman–Crippen LogP) is 2.30. The lowest BCUT2D eigenvalue weighted by molar-refractivity contribution is 0.214. The summed E-state index contributed by atoms with van der Waals surface area (Å²) in [6.45, 7) is 0.283. The van der Waals surface area contributed by atoms with Crippen molar-refractivity contribution in [2.75, 3.05) is 6.61 Å². The van der Waals surface area contributed by atoms with Crippen molar-refractivity contribution in [3.05, 3.63) is 10.1 Å². The maximum absolute atomic E-state index is 9.14. The first kappa shape index (κ1) is 7.57. The molecule has 0 amide bonds. The van der Waals surface area contributed by atoms with Gasteiger partial charge in [-0.1, -0.05) is 15.9 Å². The lowest BCUT2D eigenvalue weighted by Crippen LogP contribution is -2.35. The lowest BCUT2D eigenvalue weighted by Gasteiger charge is -2.42. The first-order chi connectivity index (χ1) is 5.83. The van der Waals surface area contributed by atoms with Gasteiger partial charge in [-0.05, 0) is 42.6 Å². The van der Waals surface area contributed by atoms with E-state index in [1.54, 1.807) is 0 Å². The highest BCUT2D eigenvalue weighted by Crippen LogP contribution is 2.64. The number of aliphatic hydroxyl groups excluding tert-OH is 1. The van der Waals surface area contributed by atoms with E-state index in [1.807, 2.05) is 0 Å². The maximum atomic E-state index is 9.14. The molecule has 66 valence electrons. The second-order valence-corrected chi connectivity index (χ2v) is 5.27. The zero-order valence-corrected chi connectivity index (χ0v) is 8.55. The molecule has 4 atom stereocenters. The van der Waals surface area contributed by atoms with E-state index in [4.69, 9.17) is 5.11 Å². The minimum atomic E-state index is 0.283. The second-order valence-electron chi connectivity index (χ2n) is 4.42. The number of rotatable bonds is 1. The molecule has 2 saturated carbocycles. The summed E-state index contributed by atoms with van der Waals surface area (Å²) in [6.07, 6.45) is 4.27. The number of halogens is 1. The highest BCUT2D eigenvalue weighted by Gasteiger charge is 2.55. The molecule has 4 unspecified atom stereocenters. The molecule has 12 heavy (non-hydrogen) atoms. The summed E-state index contributed by atoms with van der Waals surface area (Å²) in [6, 6.07) is 0. The Morgan fingerprint density at radius 2 is 1.92 bits per heavy atom. The summed E-state index contributed by atoms with van der Waals surface area (Å²) in [4.78, 5) is 0. The van der Waals surface area contributed by atoms with E-state index in [1.165, 1.54) is 29.3 Å². The Bertz CT molecular complexity index is 259.